The first-order valence-corrected chi connectivity index (χ1v) is 11.8. The predicted molar refractivity (Wildman–Crippen MR) is 132 cm³/mol. The van der Waals surface area contributed by atoms with E-state index in [-0.39, 0.29) is 17.9 Å². The van der Waals surface area contributed by atoms with E-state index in [0.29, 0.717) is 6.54 Å². The molecule has 2 aromatic carbocycles. The smallest absolute Gasteiger partial charge is 0.227 e. The number of amides is 1. The van der Waals surface area contributed by atoms with Crippen molar-refractivity contribution in [3.63, 3.8) is 0 Å². The molecule has 2 fully saturated rings. The minimum absolute atomic E-state index is 0.136. The normalized spacial score (nSPS) is 17.6. The van der Waals surface area contributed by atoms with Crippen LogP contribution in [0.5, 0.6) is 0 Å². The molecule has 1 saturated carbocycles. The van der Waals surface area contributed by atoms with Crippen LogP contribution in [0.15, 0.2) is 53.5 Å². The van der Waals surface area contributed by atoms with E-state index < -0.39 is 0 Å². The molecule has 32 heavy (non-hydrogen) atoms. The van der Waals surface area contributed by atoms with Gasteiger partial charge in [0.25, 0.3) is 0 Å². The van der Waals surface area contributed by atoms with Gasteiger partial charge in [0.1, 0.15) is 0 Å². The number of hydrogen-bond donors (Lipinski definition) is 3. The van der Waals surface area contributed by atoms with Crippen LogP contribution < -0.4 is 20.9 Å². The zero-order valence-corrected chi connectivity index (χ0v) is 19.2. The average molecular weight is 434 g/mol. The Labute approximate surface area is 191 Å². The second-order valence-electron chi connectivity index (χ2n) is 8.90. The quantitative estimate of drug-likeness (QED) is 0.446. The van der Waals surface area contributed by atoms with Crippen LogP contribution in [-0.4, -0.2) is 32.0 Å². The van der Waals surface area contributed by atoms with Crippen molar-refractivity contribution >= 4 is 23.2 Å². The van der Waals surface area contributed by atoms with Crippen LogP contribution >= 0.6 is 0 Å². The zero-order chi connectivity index (χ0) is 22.3. The first kappa shape index (κ1) is 22.2. The third-order valence-electron chi connectivity index (χ3n) is 6.55. The fraction of sp³-hybridized carbons (Fsp3) is 0.462. The Morgan fingerprint density at radius 2 is 1.88 bits per heavy atom. The van der Waals surface area contributed by atoms with E-state index in [1.807, 2.05) is 18.2 Å². The number of carbonyl (C=O) groups is 1. The molecule has 1 amide bonds. The summed E-state index contributed by atoms with van der Waals surface area (Å²) in [7, 11) is 1.79. The summed E-state index contributed by atoms with van der Waals surface area (Å²) in [5.74, 6) is 1.09. The number of nitrogens with one attached hydrogen (secondary N) is 3. The minimum atomic E-state index is 0.136. The molecule has 0 aromatic heterocycles. The third kappa shape index (κ3) is 5.61. The third-order valence-corrected chi connectivity index (χ3v) is 6.55. The highest BCUT2D eigenvalue weighted by molar-refractivity contribution is 5.93. The molecule has 1 saturated heterocycles. The van der Waals surface area contributed by atoms with Crippen LogP contribution in [0.25, 0.3) is 0 Å². The number of nitrogens with zero attached hydrogens (tertiary/aromatic N) is 2. The van der Waals surface area contributed by atoms with E-state index in [9.17, 15) is 4.79 Å². The number of aliphatic imine (C=N–C) groups is 1. The molecule has 1 unspecified atom stereocenters. The molecule has 1 heterocycles. The number of guanidine groups is 1. The highest BCUT2D eigenvalue weighted by atomic mass is 16.1. The molecule has 2 aromatic rings. The summed E-state index contributed by atoms with van der Waals surface area (Å²) in [5.41, 5.74) is 4.51. The Balaban J connectivity index is 1.31. The van der Waals surface area contributed by atoms with Crippen LogP contribution in [0.4, 0.5) is 11.4 Å². The van der Waals surface area contributed by atoms with Gasteiger partial charge in [0, 0.05) is 44.0 Å². The van der Waals surface area contributed by atoms with Gasteiger partial charge >= 0.3 is 0 Å². The van der Waals surface area contributed by atoms with E-state index in [1.165, 1.54) is 24.1 Å². The highest BCUT2D eigenvalue weighted by Crippen LogP contribution is 2.28. The van der Waals surface area contributed by atoms with Crippen LogP contribution in [0, 0.1) is 5.92 Å². The van der Waals surface area contributed by atoms with Gasteiger partial charge in [0.2, 0.25) is 5.91 Å². The molecule has 2 aliphatic rings. The SMILES string of the molecule is CN=C(NCc1cccc(NC(=O)C2CCC2)c1)NC(C)c1cccc(N2CCCC2)c1. The Morgan fingerprint density at radius 1 is 1.09 bits per heavy atom. The maximum absolute atomic E-state index is 12.2. The maximum Gasteiger partial charge on any atom is 0.227 e. The van der Waals surface area contributed by atoms with Gasteiger partial charge in [0.15, 0.2) is 5.96 Å². The Kier molecular flexibility index (Phi) is 7.30. The Bertz CT molecular complexity index is 947. The second-order valence-corrected chi connectivity index (χ2v) is 8.90. The predicted octanol–water partition coefficient (Wildman–Crippen LogP) is 4.45. The Morgan fingerprint density at radius 3 is 2.59 bits per heavy atom. The van der Waals surface area contributed by atoms with Gasteiger partial charge in [-0.3, -0.25) is 9.79 Å². The van der Waals surface area contributed by atoms with Crippen molar-refractivity contribution in [1.29, 1.82) is 0 Å². The zero-order valence-electron chi connectivity index (χ0n) is 19.2. The van der Waals surface area contributed by atoms with Crippen molar-refractivity contribution in [3.8, 4) is 0 Å². The van der Waals surface area contributed by atoms with Crippen molar-refractivity contribution in [2.45, 2.75) is 51.6 Å². The molecule has 4 rings (SSSR count). The van der Waals surface area contributed by atoms with E-state index in [4.69, 9.17) is 0 Å². The van der Waals surface area contributed by atoms with Gasteiger partial charge in [-0.25, -0.2) is 0 Å². The van der Waals surface area contributed by atoms with Gasteiger partial charge in [-0.1, -0.05) is 30.7 Å². The average Bonchev–Trinajstić information content (AvgIpc) is 3.30. The standard InChI is InChI=1S/C26H35N5O/c1-19(22-11-7-13-24(17-22)31-14-3-4-15-31)29-26(27-2)28-18-20-8-5-12-23(16-20)30-25(32)21-9-6-10-21/h5,7-8,11-13,16-17,19,21H,3-4,6,9-10,14-15,18H2,1-2H3,(H,30,32)(H2,27,28,29). The first-order chi connectivity index (χ1) is 15.6. The van der Waals surface area contributed by atoms with Gasteiger partial charge in [-0.15, -0.1) is 0 Å². The summed E-state index contributed by atoms with van der Waals surface area (Å²) >= 11 is 0. The van der Waals surface area contributed by atoms with Crippen molar-refractivity contribution in [2.24, 2.45) is 10.9 Å². The first-order valence-electron chi connectivity index (χ1n) is 11.8. The monoisotopic (exact) mass is 433 g/mol. The molecular formula is C26H35N5O. The molecular weight excluding hydrogens is 398 g/mol. The number of carbonyl (C=O) groups excluding carboxylic acids is 1. The van der Waals surface area contributed by atoms with Crippen molar-refractivity contribution < 1.29 is 4.79 Å². The topological polar surface area (TPSA) is 68.8 Å². The molecule has 0 bridgehead atoms. The second kappa shape index (κ2) is 10.5. The lowest BCUT2D eigenvalue weighted by atomic mass is 9.85. The van der Waals surface area contributed by atoms with Crippen LogP contribution in [0.2, 0.25) is 0 Å². The molecule has 6 nitrogen and oxygen atoms in total. The van der Waals surface area contributed by atoms with Crippen LogP contribution in [0.3, 0.4) is 0 Å². The summed E-state index contributed by atoms with van der Waals surface area (Å²) in [6, 6.07) is 16.9. The number of anilines is 2. The summed E-state index contributed by atoms with van der Waals surface area (Å²) in [6.07, 6.45) is 5.73. The summed E-state index contributed by atoms with van der Waals surface area (Å²) in [6.45, 7) is 5.09. The fourth-order valence-corrected chi connectivity index (χ4v) is 4.31. The number of benzene rings is 2. The molecule has 1 aliphatic carbocycles. The maximum atomic E-state index is 12.2. The van der Waals surface area contributed by atoms with Crippen LogP contribution in [-0.2, 0) is 11.3 Å². The fourth-order valence-electron chi connectivity index (χ4n) is 4.31. The van der Waals surface area contributed by atoms with E-state index in [2.05, 4.69) is 63.1 Å². The Hall–Kier alpha value is -3.02. The molecule has 0 spiro atoms. The number of hydrogen-bond acceptors (Lipinski definition) is 3. The van der Waals surface area contributed by atoms with Crippen molar-refractivity contribution in [1.82, 2.24) is 10.6 Å². The lowest BCUT2D eigenvalue weighted by Crippen LogP contribution is -2.38. The highest BCUT2D eigenvalue weighted by Gasteiger charge is 2.25. The molecule has 170 valence electrons. The minimum Gasteiger partial charge on any atom is -0.372 e. The lowest BCUT2D eigenvalue weighted by molar-refractivity contribution is -0.122. The van der Waals surface area contributed by atoms with Crippen LogP contribution in [0.1, 0.15) is 56.2 Å². The van der Waals surface area contributed by atoms with Gasteiger partial charge in [0.05, 0.1) is 6.04 Å². The van der Waals surface area contributed by atoms with E-state index in [1.54, 1.807) is 7.05 Å². The van der Waals surface area contributed by atoms with Gasteiger partial charge < -0.3 is 20.9 Å². The van der Waals surface area contributed by atoms with E-state index >= 15 is 0 Å². The molecule has 6 heteroatoms. The molecule has 1 aliphatic heterocycles. The van der Waals surface area contributed by atoms with Crippen molar-refractivity contribution in [2.75, 3.05) is 30.4 Å². The molecule has 3 N–H and O–H groups in total. The largest absolute Gasteiger partial charge is 0.372 e. The van der Waals surface area contributed by atoms with Gasteiger partial charge in [-0.2, -0.15) is 0 Å². The van der Waals surface area contributed by atoms with Crippen molar-refractivity contribution in [3.05, 3.63) is 59.7 Å². The number of rotatable bonds is 7. The summed E-state index contributed by atoms with van der Waals surface area (Å²) in [5, 5.41) is 9.95. The lowest BCUT2D eigenvalue weighted by Gasteiger charge is -2.24. The molecule has 1 atom stereocenters. The summed E-state index contributed by atoms with van der Waals surface area (Å²) < 4.78 is 0. The van der Waals surface area contributed by atoms with Gasteiger partial charge in [-0.05, 0) is 68.0 Å². The summed E-state index contributed by atoms with van der Waals surface area (Å²) in [4.78, 5) is 19.1. The van der Waals surface area contributed by atoms with E-state index in [0.717, 1.165) is 49.6 Å². The molecule has 0 radical (unpaired) electrons.